The molecule has 1 saturated heterocycles. The molecule has 36 heavy (non-hydrogen) atoms. The van der Waals surface area contributed by atoms with Gasteiger partial charge in [-0.3, -0.25) is 9.78 Å². The average molecular weight is 516 g/mol. The lowest BCUT2D eigenvalue weighted by atomic mass is 10.0. The van der Waals surface area contributed by atoms with E-state index in [1.165, 1.54) is 16.1 Å². The summed E-state index contributed by atoms with van der Waals surface area (Å²) in [5.74, 6) is 0.181. The predicted octanol–water partition coefficient (Wildman–Crippen LogP) is 4.72. The Morgan fingerprint density at radius 3 is 2.17 bits per heavy atom. The van der Waals surface area contributed by atoms with Gasteiger partial charge in [-0.05, 0) is 41.0 Å². The van der Waals surface area contributed by atoms with Crippen molar-refractivity contribution in [2.75, 3.05) is 12.3 Å². The number of amides is 1. The van der Waals surface area contributed by atoms with Gasteiger partial charge in [0.15, 0.2) is 0 Å². The van der Waals surface area contributed by atoms with Crippen LogP contribution in [0.1, 0.15) is 17.3 Å². The molecule has 6 nitrogen and oxygen atoms in total. The third-order valence-corrected chi connectivity index (χ3v) is 9.26. The highest BCUT2D eigenvalue weighted by molar-refractivity contribution is 8.02. The molecule has 3 aromatic carbocycles. The molecule has 0 saturated carbocycles. The fourth-order valence-corrected chi connectivity index (χ4v) is 7.31. The molecule has 1 aromatic heterocycles. The summed E-state index contributed by atoms with van der Waals surface area (Å²) < 4.78 is 28.4. The van der Waals surface area contributed by atoms with Gasteiger partial charge in [-0.2, -0.15) is 4.31 Å². The van der Waals surface area contributed by atoms with Gasteiger partial charge in [-0.1, -0.05) is 78.9 Å². The van der Waals surface area contributed by atoms with E-state index in [1.54, 1.807) is 30.5 Å². The van der Waals surface area contributed by atoms with Crippen LogP contribution in [0, 0.1) is 0 Å². The van der Waals surface area contributed by atoms with E-state index >= 15 is 0 Å². The highest BCUT2D eigenvalue weighted by Crippen LogP contribution is 2.32. The third-order valence-electron chi connectivity index (χ3n) is 6.04. The first-order valence-corrected chi connectivity index (χ1v) is 14.1. The summed E-state index contributed by atoms with van der Waals surface area (Å²) in [7, 11) is -3.86. The monoisotopic (exact) mass is 515 g/mol. The lowest BCUT2D eigenvalue weighted by Crippen LogP contribution is -2.46. The van der Waals surface area contributed by atoms with Crippen LogP contribution in [0.2, 0.25) is 0 Å². The van der Waals surface area contributed by atoms with Gasteiger partial charge in [-0.15, -0.1) is 11.8 Å². The molecule has 182 valence electrons. The number of hydrogen-bond donors (Lipinski definition) is 1. The van der Waals surface area contributed by atoms with E-state index in [1.807, 2.05) is 78.9 Å². The lowest BCUT2D eigenvalue weighted by molar-refractivity contribution is -0.122. The van der Waals surface area contributed by atoms with E-state index in [9.17, 15) is 13.2 Å². The number of hydrogen-bond acceptors (Lipinski definition) is 5. The molecule has 5 rings (SSSR count). The summed E-state index contributed by atoms with van der Waals surface area (Å²) in [6, 6.07) is 31.2. The summed E-state index contributed by atoms with van der Waals surface area (Å²) in [6.45, 7) is 0.269. The van der Waals surface area contributed by atoms with Crippen LogP contribution >= 0.6 is 11.8 Å². The predicted molar refractivity (Wildman–Crippen MR) is 143 cm³/mol. The Hall–Kier alpha value is -3.46. The largest absolute Gasteiger partial charge is 0.341 e. The first-order chi connectivity index (χ1) is 17.5. The van der Waals surface area contributed by atoms with E-state index in [0.717, 1.165) is 16.7 Å². The van der Waals surface area contributed by atoms with Crippen LogP contribution in [0.4, 0.5) is 0 Å². The average Bonchev–Trinajstić information content (AvgIpc) is 3.45. The minimum atomic E-state index is -3.86. The van der Waals surface area contributed by atoms with E-state index in [-0.39, 0.29) is 17.3 Å². The summed E-state index contributed by atoms with van der Waals surface area (Å²) in [6.07, 6.45) is 1.68. The van der Waals surface area contributed by atoms with Gasteiger partial charge in [0.1, 0.15) is 5.37 Å². The summed E-state index contributed by atoms with van der Waals surface area (Å²) in [4.78, 5) is 18.1. The van der Waals surface area contributed by atoms with E-state index in [0.29, 0.717) is 11.4 Å². The van der Waals surface area contributed by atoms with Crippen LogP contribution in [0.25, 0.3) is 11.1 Å². The normalized spacial score (nSPS) is 16.9. The zero-order chi connectivity index (χ0) is 25.0. The van der Waals surface area contributed by atoms with E-state index < -0.39 is 21.4 Å². The van der Waals surface area contributed by atoms with Crippen molar-refractivity contribution in [3.8, 4) is 11.1 Å². The Bertz CT molecular complexity index is 1380. The topological polar surface area (TPSA) is 79.4 Å². The number of nitrogens with zero attached hydrogens (tertiary/aromatic N) is 2. The number of nitrogens with one attached hydrogen (secondary N) is 1. The van der Waals surface area contributed by atoms with Crippen LogP contribution in [0.3, 0.4) is 0 Å². The molecule has 1 aliphatic rings. The quantitative estimate of drug-likeness (QED) is 0.385. The second-order valence-electron chi connectivity index (χ2n) is 8.34. The summed E-state index contributed by atoms with van der Waals surface area (Å²) in [5.41, 5.74) is 3.50. The standard InChI is InChI=1S/C28H25N3O3S2/c32-27(30-26(23-11-5-2-6-12-23)25-13-7-8-18-29-25)28-31(19-20-35-28)36(33,34)24-16-14-22(15-17-24)21-9-3-1-4-10-21/h1-18,26,28H,19-20H2,(H,30,32)/t26-,28-/m1/s1. The molecule has 2 heterocycles. The second kappa shape index (κ2) is 10.7. The second-order valence-corrected chi connectivity index (χ2v) is 11.4. The smallest absolute Gasteiger partial charge is 0.249 e. The van der Waals surface area contributed by atoms with Crippen molar-refractivity contribution in [3.05, 3.63) is 121 Å². The van der Waals surface area contributed by atoms with E-state index in [4.69, 9.17) is 0 Å². The summed E-state index contributed by atoms with van der Waals surface area (Å²) in [5, 5.41) is 2.19. The van der Waals surface area contributed by atoms with Gasteiger partial charge in [0.05, 0.1) is 16.6 Å². The van der Waals surface area contributed by atoms with Gasteiger partial charge in [0, 0.05) is 18.5 Å². The van der Waals surface area contributed by atoms with Crippen LogP contribution in [-0.2, 0) is 14.8 Å². The molecule has 0 unspecified atom stereocenters. The Labute approximate surface area is 215 Å². The molecular weight excluding hydrogens is 490 g/mol. The summed E-state index contributed by atoms with van der Waals surface area (Å²) >= 11 is 1.33. The SMILES string of the molecule is O=C(N[C@H](c1ccccc1)c1ccccn1)[C@H]1SCCN1S(=O)(=O)c1ccc(-c2ccccc2)cc1. The van der Waals surface area contributed by atoms with E-state index in [2.05, 4.69) is 10.3 Å². The molecule has 4 aromatic rings. The Morgan fingerprint density at radius 1 is 0.861 bits per heavy atom. The highest BCUT2D eigenvalue weighted by atomic mass is 32.2. The number of sulfonamides is 1. The van der Waals surface area contributed by atoms with Crippen molar-refractivity contribution < 1.29 is 13.2 Å². The Balaban J connectivity index is 1.38. The number of carbonyl (C=O) groups is 1. The zero-order valence-corrected chi connectivity index (χ0v) is 21.0. The molecule has 0 radical (unpaired) electrons. The van der Waals surface area contributed by atoms with Crippen molar-refractivity contribution in [1.29, 1.82) is 0 Å². The molecule has 0 bridgehead atoms. The van der Waals surface area contributed by atoms with Crippen molar-refractivity contribution in [1.82, 2.24) is 14.6 Å². The van der Waals surface area contributed by atoms with Crippen LogP contribution in [-0.4, -0.2) is 41.3 Å². The molecular formula is C28H25N3O3S2. The highest BCUT2D eigenvalue weighted by Gasteiger charge is 2.41. The molecule has 0 spiro atoms. The number of rotatable bonds is 7. The third kappa shape index (κ3) is 5.06. The maximum atomic E-state index is 13.5. The molecule has 1 amide bonds. The number of thioether (sulfide) groups is 1. The van der Waals surface area contributed by atoms with Gasteiger partial charge in [0.2, 0.25) is 15.9 Å². The van der Waals surface area contributed by atoms with Crippen molar-refractivity contribution in [3.63, 3.8) is 0 Å². The fourth-order valence-electron chi connectivity index (χ4n) is 4.23. The van der Waals surface area contributed by atoms with Gasteiger partial charge >= 0.3 is 0 Å². The first-order valence-electron chi connectivity index (χ1n) is 11.6. The molecule has 1 N–H and O–H groups in total. The lowest BCUT2D eigenvalue weighted by Gasteiger charge is -2.25. The van der Waals surface area contributed by atoms with Gasteiger partial charge in [0.25, 0.3) is 0 Å². The molecule has 1 aliphatic heterocycles. The Kier molecular flexibility index (Phi) is 7.18. The maximum absolute atomic E-state index is 13.5. The minimum Gasteiger partial charge on any atom is -0.341 e. The Morgan fingerprint density at radius 2 is 1.50 bits per heavy atom. The molecule has 2 atom stereocenters. The maximum Gasteiger partial charge on any atom is 0.249 e. The van der Waals surface area contributed by atoms with Crippen molar-refractivity contribution in [2.45, 2.75) is 16.3 Å². The number of aromatic nitrogens is 1. The number of pyridine rings is 1. The van der Waals surface area contributed by atoms with Gasteiger partial charge in [-0.25, -0.2) is 8.42 Å². The van der Waals surface area contributed by atoms with Crippen molar-refractivity contribution in [2.24, 2.45) is 0 Å². The molecule has 1 fully saturated rings. The first kappa shape index (κ1) is 24.2. The molecule has 0 aliphatic carbocycles. The van der Waals surface area contributed by atoms with Crippen LogP contribution in [0.15, 0.2) is 114 Å². The molecule has 8 heteroatoms. The fraction of sp³-hybridized carbons (Fsp3) is 0.143. The van der Waals surface area contributed by atoms with Crippen LogP contribution in [0.5, 0.6) is 0 Å². The van der Waals surface area contributed by atoms with Crippen LogP contribution < -0.4 is 5.32 Å². The van der Waals surface area contributed by atoms with Crippen molar-refractivity contribution >= 4 is 27.7 Å². The van der Waals surface area contributed by atoms with Gasteiger partial charge < -0.3 is 5.32 Å². The number of carbonyl (C=O) groups excluding carboxylic acids is 1. The minimum absolute atomic E-state index is 0.173. The number of benzene rings is 3. The zero-order valence-electron chi connectivity index (χ0n) is 19.4.